The van der Waals surface area contributed by atoms with Crippen molar-refractivity contribution in [3.63, 3.8) is 0 Å². The molecular formula is C12H17FN2O. The lowest BCUT2D eigenvalue weighted by atomic mass is 9.88. The van der Waals surface area contributed by atoms with Crippen LogP contribution in [0.3, 0.4) is 0 Å². The van der Waals surface area contributed by atoms with E-state index < -0.39 is 0 Å². The third-order valence-electron chi connectivity index (χ3n) is 3.23. The zero-order valence-electron chi connectivity index (χ0n) is 9.37. The Morgan fingerprint density at radius 1 is 1.44 bits per heavy atom. The van der Waals surface area contributed by atoms with Gasteiger partial charge in [0.25, 0.3) is 0 Å². The second-order valence-corrected chi connectivity index (χ2v) is 4.42. The van der Waals surface area contributed by atoms with Crippen molar-refractivity contribution in [2.24, 2.45) is 5.84 Å². The fourth-order valence-corrected chi connectivity index (χ4v) is 2.31. The molecule has 0 aromatic heterocycles. The number of halogens is 1. The zero-order chi connectivity index (χ0) is 11.6. The van der Waals surface area contributed by atoms with Crippen LogP contribution in [0.25, 0.3) is 0 Å². The van der Waals surface area contributed by atoms with E-state index in [0.717, 1.165) is 25.0 Å². The van der Waals surface area contributed by atoms with Crippen molar-refractivity contribution in [3.8, 4) is 0 Å². The number of hydrogen-bond acceptors (Lipinski definition) is 3. The van der Waals surface area contributed by atoms with Crippen LogP contribution in [-0.4, -0.2) is 12.2 Å². The van der Waals surface area contributed by atoms with E-state index in [1.807, 2.05) is 6.92 Å². The maximum absolute atomic E-state index is 12.8. The van der Waals surface area contributed by atoms with E-state index in [-0.39, 0.29) is 17.5 Å². The van der Waals surface area contributed by atoms with Gasteiger partial charge in [-0.1, -0.05) is 12.1 Å². The number of ether oxygens (including phenoxy) is 1. The molecule has 3 nitrogen and oxygen atoms in total. The van der Waals surface area contributed by atoms with Gasteiger partial charge in [-0.15, -0.1) is 0 Å². The summed E-state index contributed by atoms with van der Waals surface area (Å²) in [4.78, 5) is 0. The van der Waals surface area contributed by atoms with Crippen molar-refractivity contribution in [2.45, 2.75) is 31.4 Å². The van der Waals surface area contributed by atoms with Crippen LogP contribution in [-0.2, 0) is 4.74 Å². The molecule has 16 heavy (non-hydrogen) atoms. The second-order valence-electron chi connectivity index (χ2n) is 4.42. The normalized spacial score (nSPS) is 26.9. The van der Waals surface area contributed by atoms with Crippen molar-refractivity contribution >= 4 is 0 Å². The number of nitrogens with one attached hydrogen (secondary N) is 1. The molecule has 0 aliphatic carbocycles. The van der Waals surface area contributed by atoms with E-state index in [9.17, 15) is 4.39 Å². The first kappa shape index (κ1) is 11.5. The van der Waals surface area contributed by atoms with Crippen LogP contribution in [0.2, 0.25) is 0 Å². The molecule has 4 heteroatoms. The maximum atomic E-state index is 12.8. The Morgan fingerprint density at radius 2 is 2.12 bits per heavy atom. The monoisotopic (exact) mass is 224 g/mol. The smallest absolute Gasteiger partial charge is 0.123 e. The van der Waals surface area contributed by atoms with Gasteiger partial charge >= 0.3 is 0 Å². The number of hydrogen-bond donors (Lipinski definition) is 2. The van der Waals surface area contributed by atoms with Gasteiger partial charge < -0.3 is 4.74 Å². The van der Waals surface area contributed by atoms with Crippen molar-refractivity contribution in [1.82, 2.24) is 5.43 Å². The van der Waals surface area contributed by atoms with Gasteiger partial charge in [0.2, 0.25) is 0 Å². The number of nitrogens with two attached hydrogens (primary N) is 1. The molecule has 1 aromatic rings. The van der Waals surface area contributed by atoms with Crippen molar-refractivity contribution in [2.75, 3.05) is 6.61 Å². The number of hydrazine groups is 1. The van der Waals surface area contributed by atoms with E-state index >= 15 is 0 Å². The Bertz CT molecular complexity index is 347. The summed E-state index contributed by atoms with van der Waals surface area (Å²) in [5.74, 6) is 5.35. The quantitative estimate of drug-likeness (QED) is 0.609. The third kappa shape index (κ3) is 2.09. The lowest BCUT2D eigenvalue weighted by Gasteiger charge is -2.33. The molecule has 1 aliphatic heterocycles. The van der Waals surface area contributed by atoms with E-state index in [1.54, 1.807) is 12.1 Å². The highest BCUT2D eigenvalue weighted by Crippen LogP contribution is 2.36. The molecule has 88 valence electrons. The highest BCUT2D eigenvalue weighted by atomic mass is 19.1. The summed E-state index contributed by atoms with van der Waals surface area (Å²) in [5, 5.41) is 0. The summed E-state index contributed by atoms with van der Waals surface area (Å²) in [7, 11) is 0. The van der Waals surface area contributed by atoms with Gasteiger partial charge in [-0.25, -0.2) is 4.39 Å². The molecule has 1 aliphatic rings. The Morgan fingerprint density at radius 3 is 2.62 bits per heavy atom. The first-order chi connectivity index (χ1) is 7.65. The fraction of sp³-hybridized carbons (Fsp3) is 0.500. The summed E-state index contributed by atoms with van der Waals surface area (Å²) in [6.45, 7) is 2.80. The Balaban J connectivity index is 2.25. The molecule has 1 aromatic carbocycles. The summed E-state index contributed by atoms with van der Waals surface area (Å²) < 4.78 is 18.6. The summed E-state index contributed by atoms with van der Waals surface area (Å²) >= 11 is 0. The lowest BCUT2D eigenvalue weighted by molar-refractivity contribution is -0.0125. The third-order valence-corrected chi connectivity index (χ3v) is 3.23. The van der Waals surface area contributed by atoms with Gasteiger partial charge in [-0.3, -0.25) is 11.3 Å². The average Bonchev–Trinajstić information content (AvgIpc) is 2.70. The molecular weight excluding hydrogens is 207 g/mol. The van der Waals surface area contributed by atoms with E-state index in [4.69, 9.17) is 10.6 Å². The van der Waals surface area contributed by atoms with Crippen LogP contribution < -0.4 is 11.3 Å². The van der Waals surface area contributed by atoms with Crippen LogP contribution in [0.1, 0.15) is 31.4 Å². The van der Waals surface area contributed by atoms with E-state index in [0.29, 0.717) is 0 Å². The highest BCUT2D eigenvalue weighted by molar-refractivity contribution is 5.23. The van der Waals surface area contributed by atoms with Gasteiger partial charge in [-0.05, 0) is 37.5 Å². The van der Waals surface area contributed by atoms with Gasteiger partial charge in [0, 0.05) is 6.61 Å². The van der Waals surface area contributed by atoms with Crippen LogP contribution in [0.15, 0.2) is 24.3 Å². The molecule has 1 heterocycles. The molecule has 0 spiro atoms. The molecule has 0 amide bonds. The molecule has 2 unspecified atom stereocenters. The Labute approximate surface area is 94.8 Å². The molecule has 3 N–H and O–H groups in total. The molecule has 1 fully saturated rings. The van der Waals surface area contributed by atoms with Gasteiger partial charge in [-0.2, -0.15) is 0 Å². The van der Waals surface area contributed by atoms with E-state index in [2.05, 4.69) is 5.43 Å². The molecule has 0 radical (unpaired) electrons. The lowest BCUT2D eigenvalue weighted by Crippen LogP contribution is -2.44. The largest absolute Gasteiger partial charge is 0.373 e. The summed E-state index contributed by atoms with van der Waals surface area (Å²) in [6.07, 6.45) is 2.00. The number of benzene rings is 1. The molecule has 2 atom stereocenters. The van der Waals surface area contributed by atoms with Gasteiger partial charge in [0.15, 0.2) is 0 Å². The molecule has 0 saturated carbocycles. The minimum absolute atomic E-state index is 0.101. The molecule has 2 rings (SSSR count). The number of rotatable bonds is 3. The zero-order valence-corrected chi connectivity index (χ0v) is 9.37. The van der Waals surface area contributed by atoms with Crippen molar-refractivity contribution in [1.29, 1.82) is 0 Å². The second kappa shape index (κ2) is 4.49. The highest BCUT2D eigenvalue weighted by Gasteiger charge is 2.38. The van der Waals surface area contributed by atoms with Gasteiger partial charge in [0.1, 0.15) is 5.82 Å². The SMILES string of the molecule is CC1(C(NN)c2ccc(F)cc2)CCCO1. The van der Waals surface area contributed by atoms with Crippen LogP contribution >= 0.6 is 0 Å². The van der Waals surface area contributed by atoms with Crippen LogP contribution in [0.4, 0.5) is 4.39 Å². The average molecular weight is 224 g/mol. The minimum atomic E-state index is -0.299. The predicted molar refractivity (Wildman–Crippen MR) is 60.1 cm³/mol. The topological polar surface area (TPSA) is 47.3 Å². The standard InChI is InChI=1S/C12H17FN2O/c1-12(7-2-8-16-12)11(15-14)9-3-5-10(13)6-4-9/h3-6,11,15H,2,7-8,14H2,1H3. The molecule has 0 bridgehead atoms. The minimum Gasteiger partial charge on any atom is -0.373 e. The first-order valence-corrected chi connectivity index (χ1v) is 5.51. The predicted octanol–water partition coefficient (Wildman–Crippen LogP) is 1.90. The van der Waals surface area contributed by atoms with Crippen LogP contribution in [0.5, 0.6) is 0 Å². The van der Waals surface area contributed by atoms with Crippen molar-refractivity contribution in [3.05, 3.63) is 35.6 Å². The fourth-order valence-electron chi connectivity index (χ4n) is 2.31. The maximum Gasteiger partial charge on any atom is 0.123 e. The van der Waals surface area contributed by atoms with Crippen LogP contribution in [0, 0.1) is 5.82 Å². The molecule has 1 saturated heterocycles. The Kier molecular flexibility index (Phi) is 3.23. The first-order valence-electron chi connectivity index (χ1n) is 5.51. The summed E-state index contributed by atoms with van der Waals surface area (Å²) in [5.41, 5.74) is 3.43. The summed E-state index contributed by atoms with van der Waals surface area (Å²) in [6, 6.07) is 6.27. The van der Waals surface area contributed by atoms with Gasteiger partial charge in [0.05, 0.1) is 11.6 Å². The van der Waals surface area contributed by atoms with Crippen molar-refractivity contribution < 1.29 is 9.13 Å². The Hall–Kier alpha value is -0.970. The van der Waals surface area contributed by atoms with E-state index in [1.165, 1.54) is 12.1 Å².